The number of likely N-dealkylation sites (N-methyl/N-ethyl adjacent to an activating group) is 1. The van der Waals surface area contributed by atoms with E-state index in [2.05, 4.69) is 21.5 Å². The van der Waals surface area contributed by atoms with Gasteiger partial charge in [0.25, 0.3) is 5.91 Å². The molecule has 1 atom stereocenters. The molecule has 0 aromatic carbocycles. The molecule has 2 aromatic heterocycles. The average molecular weight is 397 g/mol. The molecule has 2 amide bonds. The maximum absolute atomic E-state index is 12.8. The average Bonchev–Trinajstić information content (AvgIpc) is 3.29. The van der Waals surface area contributed by atoms with Crippen LogP contribution in [0.25, 0.3) is 5.65 Å². The van der Waals surface area contributed by atoms with Crippen molar-refractivity contribution < 1.29 is 9.59 Å². The van der Waals surface area contributed by atoms with Crippen LogP contribution in [-0.2, 0) is 4.79 Å². The highest BCUT2D eigenvalue weighted by Crippen LogP contribution is 2.16. The third-order valence-electron chi connectivity index (χ3n) is 5.10. The summed E-state index contributed by atoms with van der Waals surface area (Å²) in [6.07, 6.45) is 4.82. The SMILES string of the molecule is Cc1cc2ncc(C(=O)N(C)CC(C)(C)NCC(=O)N3CCC[C@H]3C#N)cn2n1. The van der Waals surface area contributed by atoms with Crippen molar-refractivity contribution in [1.29, 1.82) is 5.26 Å². The van der Waals surface area contributed by atoms with Gasteiger partial charge in [0.05, 0.1) is 23.9 Å². The summed E-state index contributed by atoms with van der Waals surface area (Å²) in [5.41, 5.74) is 1.49. The molecule has 0 bridgehead atoms. The Balaban J connectivity index is 1.58. The zero-order chi connectivity index (χ0) is 21.2. The number of nitriles is 1. The lowest BCUT2D eigenvalue weighted by molar-refractivity contribution is -0.130. The van der Waals surface area contributed by atoms with Crippen molar-refractivity contribution in [1.82, 2.24) is 29.7 Å². The topological polar surface area (TPSA) is 107 Å². The summed E-state index contributed by atoms with van der Waals surface area (Å²) in [6, 6.07) is 3.70. The van der Waals surface area contributed by atoms with Crippen LogP contribution in [0.1, 0.15) is 42.7 Å². The summed E-state index contributed by atoms with van der Waals surface area (Å²) in [4.78, 5) is 32.8. The summed E-state index contributed by atoms with van der Waals surface area (Å²) in [5.74, 6) is -0.252. The molecule has 1 N–H and O–H groups in total. The third kappa shape index (κ3) is 4.71. The van der Waals surface area contributed by atoms with E-state index < -0.39 is 5.54 Å². The smallest absolute Gasteiger partial charge is 0.256 e. The van der Waals surface area contributed by atoms with Crippen LogP contribution in [0.3, 0.4) is 0 Å². The molecule has 2 aromatic rings. The first kappa shape index (κ1) is 20.7. The Hall–Kier alpha value is -2.99. The van der Waals surface area contributed by atoms with E-state index in [1.54, 1.807) is 33.8 Å². The van der Waals surface area contributed by atoms with Gasteiger partial charge < -0.3 is 15.1 Å². The van der Waals surface area contributed by atoms with Gasteiger partial charge in [0, 0.05) is 44.1 Å². The molecule has 3 heterocycles. The van der Waals surface area contributed by atoms with E-state index in [0.717, 1.165) is 18.5 Å². The Kier molecular flexibility index (Phi) is 5.84. The van der Waals surface area contributed by atoms with E-state index in [-0.39, 0.29) is 24.4 Å². The lowest BCUT2D eigenvalue weighted by atomic mass is 10.0. The summed E-state index contributed by atoms with van der Waals surface area (Å²) < 4.78 is 1.60. The zero-order valence-corrected chi connectivity index (χ0v) is 17.3. The van der Waals surface area contributed by atoms with Crippen LogP contribution in [0.4, 0.5) is 0 Å². The molecule has 1 aliphatic heterocycles. The van der Waals surface area contributed by atoms with Gasteiger partial charge in [-0.25, -0.2) is 9.50 Å². The standard InChI is InChI=1S/C20H27N7O2/c1-14-8-17-22-10-15(12-27(17)24-14)19(29)25(4)13-20(2,3)23-11-18(28)26-7-5-6-16(26)9-21/h8,10,12,16,23H,5-7,11,13H2,1-4H3/t16-/m0/s1. The first-order valence-corrected chi connectivity index (χ1v) is 9.72. The van der Waals surface area contributed by atoms with E-state index in [0.29, 0.717) is 24.3 Å². The van der Waals surface area contributed by atoms with Crippen molar-refractivity contribution in [3.8, 4) is 6.07 Å². The van der Waals surface area contributed by atoms with Crippen LogP contribution in [0.2, 0.25) is 0 Å². The van der Waals surface area contributed by atoms with Crippen molar-refractivity contribution in [3.63, 3.8) is 0 Å². The highest BCUT2D eigenvalue weighted by atomic mass is 16.2. The monoisotopic (exact) mass is 397 g/mol. The lowest BCUT2D eigenvalue weighted by Gasteiger charge is -2.32. The number of hydrogen-bond donors (Lipinski definition) is 1. The fourth-order valence-electron chi connectivity index (χ4n) is 3.66. The third-order valence-corrected chi connectivity index (χ3v) is 5.10. The molecule has 0 radical (unpaired) electrons. The van der Waals surface area contributed by atoms with Gasteiger partial charge in [-0.1, -0.05) is 0 Å². The molecule has 0 saturated carbocycles. The van der Waals surface area contributed by atoms with E-state index in [1.165, 1.54) is 0 Å². The molecule has 0 spiro atoms. The molecule has 1 fully saturated rings. The van der Waals surface area contributed by atoms with Crippen molar-refractivity contribution in [2.24, 2.45) is 0 Å². The second-order valence-electron chi connectivity index (χ2n) is 8.20. The van der Waals surface area contributed by atoms with Crippen molar-refractivity contribution in [2.75, 3.05) is 26.7 Å². The number of fused-ring (bicyclic) bond motifs is 1. The number of hydrogen-bond acceptors (Lipinski definition) is 6. The van der Waals surface area contributed by atoms with Crippen molar-refractivity contribution in [2.45, 2.75) is 45.2 Å². The lowest BCUT2D eigenvalue weighted by Crippen LogP contribution is -2.53. The fourth-order valence-corrected chi connectivity index (χ4v) is 3.66. The summed E-state index contributed by atoms with van der Waals surface area (Å²) in [5, 5.41) is 16.7. The van der Waals surface area contributed by atoms with Crippen LogP contribution < -0.4 is 5.32 Å². The predicted octanol–water partition coefficient (Wildman–Crippen LogP) is 0.992. The molecular weight excluding hydrogens is 370 g/mol. The molecule has 9 nitrogen and oxygen atoms in total. The van der Waals surface area contributed by atoms with Crippen LogP contribution in [0.15, 0.2) is 18.5 Å². The Bertz CT molecular complexity index is 959. The molecule has 3 rings (SSSR count). The number of rotatable bonds is 6. The predicted molar refractivity (Wildman–Crippen MR) is 107 cm³/mol. The number of carbonyl (C=O) groups excluding carboxylic acids is 2. The van der Waals surface area contributed by atoms with Crippen molar-refractivity contribution in [3.05, 3.63) is 29.7 Å². The van der Waals surface area contributed by atoms with Gasteiger partial charge in [-0.15, -0.1) is 0 Å². The van der Waals surface area contributed by atoms with Gasteiger partial charge in [-0.05, 0) is 33.6 Å². The number of amides is 2. The van der Waals surface area contributed by atoms with E-state index >= 15 is 0 Å². The first-order valence-electron chi connectivity index (χ1n) is 9.72. The van der Waals surface area contributed by atoms with Crippen LogP contribution in [0, 0.1) is 18.3 Å². The van der Waals surface area contributed by atoms with Gasteiger partial charge in [0.1, 0.15) is 6.04 Å². The summed E-state index contributed by atoms with van der Waals surface area (Å²) >= 11 is 0. The Morgan fingerprint density at radius 2 is 2.21 bits per heavy atom. The van der Waals surface area contributed by atoms with E-state index in [1.807, 2.05) is 26.8 Å². The molecule has 1 aliphatic rings. The summed E-state index contributed by atoms with van der Waals surface area (Å²) in [6.45, 7) is 6.91. The quantitative estimate of drug-likeness (QED) is 0.779. The molecule has 1 saturated heterocycles. The zero-order valence-electron chi connectivity index (χ0n) is 17.3. The Labute approximate surface area is 170 Å². The summed E-state index contributed by atoms with van der Waals surface area (Å²) in [7, 11) is 1.72. The molecule has 154 valence electrons. The number of carbonyl (C=O) groups is 2. The van der Waals surface area contributed by atoms with Gasteiger partial charge >= 0.3 is 0 Å². The van der Waals surface area contributed by atoms with Crippen LogP contribution in [-0.4, -0.2) is 74.5 Å². The number of nitrogens with zero attached hydrogens (tertiary/aromatic N) is 6. The minimum Gasteiger partial charge on any atom is -0.340 e. The Morgan fingerprint density at radius 3 is 2.93 bits per heavy atom. The minimum absolute atomic E-state index is 0.0835. The van der Waals surface area contributed by atoms with E-state index in [4.69, 9.17) is 5.26 Å². The highest BCUT2D eigenvalue weighted by Gasteiger charge is 2.30. The molecule has 9 heteroatoms. The largest absolute Gasteiger partial charge is 0.340 e. The van der Waals surface area contributed by atoms with Crippen LogP contribution >= 0.6 is 0 Å². The number of aryl methyl sites for hydroxylation is 1. The number of aromatic nitrogens is 3. The second-order valence-corrected chi connectivity index (χ2v) is 8.20. The van der Waals surface area contributed by atoms with Gasteiger partial charge in [-0.3, -0.25) is 9.59 Å². The molecule has 0 unspecified atom stereocenters. The highest BCUT2D eigenvalue weighted by molar-refractivity contribution is 5.93. The Morgan fingerprint density at radius 1 is 1.45 bits per heavy atom. The van der Waals surface area contributed by atoms with Crippen LogP contribution in [0.5, 0.6) is 0 Å². The maximum Gasteiger partial charge on any atom is 0.256 e. The van der Waals surface area contributed by atoms with E-state index in [9.17, 15) is 9.59 Å². The second kappa shape index (κ2) is 8.17. The number of nitrogens with one attached hydrogen (secondary N) is 1. The van der Waals surface area contributed by atoms with Crippen molar-refractivity contribution >= 4 is 17.5 Å². The van der Waals surface area contributed by atoms with Gasteiger partial charge in [-0.2, -0.15) is 10.4 Å². The number of likely N-dealkylation sites (tertiary alicyclic amines) is 1. The maximum atomic E-state index is 12.8. The van der Waals surface area contributed by atoms with Gasteiger partial charge in [0.15, 0.2) is 5.65 Å². The molecule has 29 heavy (non-hydrogen) atoms. The van der Waals surface area contributed by atoms with Gasteiger partial charge in [0.2, 0.25) is 5.91 Å². The minimum atomic E-state index is -0.484. The fraction of sp³-hybridized carbons (Fsp3) is 0.550. The normalized spacial score (nSPS) is 16.8. The first-order chi connectivity index (χ1) is 13.7. The molecular formula is C20H27N7O2. The molecule has 0 aliphatic carbocycles.